The maximum Gasteiger partial charge on any atom is 0.236 e. The van der Waals surface area contributed by atoms with Crippen molar-refractivity contribution in [3.05, 3.63) is 77.4 Å². The van der Waals surface area contributed by atoms with E-state index in [1.807, 2.05) is 34.1 Å². The van der Waals surface area contributed by atoms with Crippen LogP contribution in [0.2, 0.25) is 0 Å². The molecule has 7 heteroatoms. The van der Waals surface area contributed by atoms with Crippen LogP contribution in [0, 0.1) is 18.8 Å². The Morgan fingerprint density at radius 2 is 1.79 bits per heavy atom. The Kier molecular flexibility index (Phi) is 8.76. The van der Waals surface area contributed by atoms with Crippen LogP contribution in [-0.4, -0.2) is 79.1 Å². The highest BCUT2D eigenvalue weighted by Crippen LogP contribution is 2.30. The summed E-state index contributed by atoms with van der Waals surface area (Å²) in [6.07, 6.45) is 5.57. The topological polar surface area (TPSA) is 62.3 Å². The van der Waals surface area contributed by atoms with Gasteiger partial charge in [0.1, 0.15) is 12.4 Å². The van der Waals surface area contributed by atoms with Gasteiger partial charge in [0, 0.05) is 51.3 Å². The Morgan fingerprint density at radius 1 is 1.00 bits per heavy atom. The number of hydrogen-bond donors (Lipinski definition) is 0. The van der Waals surface area contributed by atoms with Crippen molar-refractivity contribution >= 4 is 11.8 Å². The van der Waals surface area contributed by atoms with Crippen molar-refractivity contribution in [1.29, 1.82) is 0 Å². The number of nitrogens with zero attached hydrogens (tertiary/aromatic N) is 3. The maximum absolute atomic E-state index is 13.6. The zero-order chi connectivity index (χ0) is 26.3. The van der Waals surface area contributed by atoms with Crippen molar-refractivity contribution in [2.75, 3.05) is 52.5 Å². The van der Waals surface area contributed by atoms with Gasteiger partial charge < -0.3 is 19.3 Å². The number of ether oxygens (including phenoxy) is 2. The minimum absolute atomic E-state index is 0.127. The first-order valence-electron chi connectivity index (χ1n) is 13.8. The van der Waals surface area contributed by atoms with Crippen molar-refractivity contribution < 1.29 is 19.1 Å². The van der Waals surface area contributed by atoms with Crippen molar-refractivity contribution in [2.24, 2.45) is 11.8 Å². The summed E-state index contributed by atoms with van der Waals surface area (Å²) >= 11 is 0. The van der Waals surface area contributed by atoms with Gasteiger partial charge in [-0.15, -0.1) is 0 Å². The third-order valence-electron chi connectivity index (χ3n) is 8.06. The van der Waals surface area contributed by atoms with Gasteiger partial charge in [0.2, 0.25) is 11.8 Å². The second-order valence-corrected chi connectivity index (χ2v) is 10.7. The highest BCUT2D eigenvalue weighted by molar-refractivity contribution is 5.79. The molecule has 202 valence electrons. The highest BCUT2D eigenvalue weighted by Gasteiger charge is 2.33. The van der Waals surface area contributed by atoms with Crippen molar-refractivity contribution in [3.8, 4) is 5.75 Å². The number of benzene rings is 2. The second-order valence-electron chi connectivity index (χ2n) is 10.7. The number of piperidine rings is 1. The summed E-state index contributed by atoms with van der Waals surface area (Å²) in [6.45, 7) is 8.14. The van der Waals surface area contributed by atoms with Gasteiger partial charge in [-0.2, -0.15) is 0 Å². The van der Waals surface area contributed by atoms with Gasteiger partial charge in [-0.3, -0.25) is 14.5 Å². The van der Waals surface area contributed by atoms with Crippen LogP contribution in [0.3, 0.4) is 0 Å². The van der Waals surface area contributed by atoms with E-state index in [9.17, 15) is 9.59 Å². The Hall–Kier alpha value is -3.16. The number of fused-ring (bicyclic) bond motifs is 3. The molecule has 2 aromatic rings. The third-order valence-corrected chi connectivity index (χ3v) is 8.06. The number of aryl methyl sites for hydroxylation is 1. The Morgan fingerprint density at radius 3 is 2.63 bits per heavy atom. The van der Waals surface area contributed by atoms with Crippen LogP contribution in [0.15, 0.2) is 60.7 Å². The van der Waals surface area contributed by atoms with E-state index in [1.54, 1.807) is 0 Å². The number of amides is 2. The Balaban J connectivity index is 1.35. The minimum Gasteiger partial charge on any atom is -0.489 e. The van der Waals surface area contributed by atoms with E-state index >= 15 is 0 Å². The molecule has 2 bridgehead atoms. The van der Waals surface area contributed by atoms with Crippen LogP contribution in [0.4, 0.5) is 0 Å². The molecule has 3 aliphatic heterocycles. The lowest BCUT2D eigenvalue weighted by Gasteiger charge is -2.39. The molecule has 3 heterocycles. The molecule has 7 nitrogen and oxygen atoms in total. The van der Waals surface area contributed by atoms with E-state index in [-0.39, 0.29) is 23.7 Å². The largest absolute Gasteiger partial charge is 0.489 e. The molecule has 0 radical (unpaired) electrons. The van der Waals surface area contributed by atoms with Gasteiger partial charge >= 0.3 is 0 Å². The maximum atomic E-state index is 13.6. The predicted molar refractivity (Wildman–Crippen MR) is 147 cm³/mol. The minimum atomic E-state index is 0.127. The molecular weight excluding hydrogens is 478 g/mol. The molecule has 0 spiro atoms. The molecule has 3 aliphatic rings. The molecule has 0 N–H and O–H groups in total. The summed E-state index contributed by atoms with van der Waals surface area (Å²) in [6, 6.07) is 16.5. The fourth-order valence-electron chi connectivity index (χ4n) is 5.77. The molecule has 2 fully saturated rings. The van der Waals surface area contributed by atoms with Crippen molar-refractivity contribution in [3.63, 3.8) is 0 Å². The first-order chi connectivity index (χ1) is 18.6. The zero-order valence-electron chi connectivity index (χ0n) is 22.4. The number of carbonyl (C=O) groups excluding carboxylic acids is 2. The Labute approximate surface area is 226 Å². The van der Waals surface area contributed by atoms with Gasteiger partial charge in [0.15, 0.2) is 0 Å². The van der Waals surface area contributed by atoms with Crippen LogP contribution in [0.1, 0.15) is 29.5 Å². The second kappa shape index (κ2) is 12.6. The van der Waals surface area contributed by atoms with Gasteiger partial charge in [0.05, 0.1) is 19.8 Å². The molecule has 2 atom stereocenters. The fraction of sp³-hybridized carbons (Fsp3) is 0.484. The van der Waals surface area contributed by atoms with Crippen LogP contribution < -0.4 is 4.74 Å². The van der Waals surface area contributed by atoms with E-state index in [0.29, 0.717) is 72.1 Å². The predicted octanol–water partition coefficient (Wildman–Crippen LogP) is 3.66. The number of para-hydroxylation sites is 1. The molecule has 2 saturated heterocycles. The summed E-state index contributed by atoms with van der Waals surface area (Å²) in [5.41, 5.74) is 3.53. The number of morpholine rings is 1. The van der Waals surface area contributed by atoms with Crippen molar-refractivity contribution in [2.45, 2.75) is 32.9 Å². The smallest absolute Gasteiger partial charge is 0.236 e. The summed E-state index contributed by atoms with van der Waals surface area (Å²) < 4.78 is 11.6. The Bertz CT molecular complexity index is 1140. The molecule has 0 unspecified atom stereocenters. The fourth-order valence-corrected chi connectivity index (χ4v) is 5.77. The lowest BCUT2D eigenvalue weighted by molar-refractivity contribution is -0.138. The zero-order valence-corrected chi connectivity index (χ0v) is 22.4. The molecule has 5 rings (SSSR count). The van der Waals surface area contributed by atoms with E-state index in [1.165, 1.54) is 11.1 Å². The number of rotatable bonds is 4. The van der Waals surface area contributed by atoms with E-state index in [0.717, 1.165) is 17.7 Å². The SMILES string of the molecule is Cc1ccccc1CN1CC(=O)N2CC[C@@H](CC(=O)N3CCOCC3)[C@@H](/C=C\COc3ccccc3C1)C2. The molecule has 0 aliphatic carbocycles. The van der Waals surface area contributed by atoms with Gasteiger partial charge in [0.25, 0.3) is 0 Å². The van der Waals surface area contributed by atoms with Crippen LogP contribution >= 0.6 is 0 Å². The quantitative estimate of drug-likeness (QED) is 0.580. The molecule has 2 aromatic carbocycles. The molecule has 0 saturated carbocycles. The number of carbonyl (C=O) groups is 2. The lowest BCUT2D eigenvalue weighted by Crippen LogP contribution is -2.48. The summed E-state index contributed by atoms with van der Waals surface area (Å²) in [5, 5.41) is 0. The summed E-state index contributed by atoms with van der Waals surface area (Å²) in [7, 11) is 0. The molecule has 2 amide bonds. The first kappa shape index (κ1) is 26.4. The monoisotopic (exact) mass is 517 g/mol. The van der Waals surface area contributed by atoms with E-state index in [2.05, 4.69) is 48.2 Å². The molecule has 38 heavy (non-hydrogen) atoms. The third kappa shape index (κ3) is 6.63. The van der Waals surface area contributed by atoms with Crippen molar-refractivity contribution in [1.82, 2.24) is 14.7 Å². The van der Waals surface area contributed by atoms with Crippen LogP contribution in [0.5, 0.6) is 5.75 Å². The van der Waals surface area contributed by atoms with Crippen LogP contribution in [0.25, 0.3) is 0 Å². The van der Waals surface area contributed by atoms with Crippen LogP contribution in [-0.2, 0) is 27.4 Å². The number of hydrogen-bond acceptors (Lipinski definition) is 5. The first-order valence-corrected chi connectivity index (χ1v) is 13.8. The lowest BCUT2D eigenvalue weighted by atomic mass is 9.82. The standard InChI is InChI=1S/C31H39N3O4/c1-24-7-2-3-8-26(24)20-32-21-28-9-4-5-11-29(28)38-16-6-10-27-22-34(31(36)23-32)13-12-25(27)19-30(35)33-14-17-37-18-15-33/h2-11,25,27H,12-23H2,1H3/b10-6-/t25-,27-/m0/s1. The van der Waals surface area contributed by atoms with E-state index in [4.69, 9.17) is 9.47 Å². The molecule has 0 aromatic heterocycles. The normalized spacial score (nSPS) is 23.9. The molecular formula is C31H39N3O4. The average molecular weight is 518 g/mol. The van der Waals surface area contributed by atoms with Gasteiger partial charge in [-0.25, -0.2) is 0 Å². The summed E-state index contributed by atoms with van der Waals surface area (Å²) in [5.74, 6) is 1.53. The summed E-state index contributed by atoms with van der Waals surface area (Å²) in [4.78, 5) is 32.8. The van der Waals surface area contributed by atoms with Gasteiger partial charge in [-0.05, 0) is 42.4 Å². The average Bonchev–Trinajstić information content (AvgIpc) is 2.94. The van der Waals surface area contributed by atoms with Gasteiger partial charge in [-0.1, -0.05) is 54.6 Å². The highest BCUT2D eigenvalue weighted by atomic mass is 16.5. The van der Waals surface area contributed by atoms with E-state index < -0.39 is 0 Å².